The summed E-state index contributed by atoms with van der Waals surface area (Å²) in [6, 6.07) is 2.78. The molecule has 0 bridgehead atoms. The molecule has 9 heteroatoms. The van der Waals surface area contributed by atoms with Gasteiger partial charge in [0.15, 0.2) is 5.82 Å². The number of hydrogen-bond acceptors (Lipinski definition) is 6. The number of anilines is 1. The number of ether oxygens (including phenoxy) is 1. The number of halogens is 3. The summed E-state index contributed by atoms with van der Waals surface area (Å²) in [6.07, 6.45) is 3.06. The van der Waals surface area contributed by atoms with Crippen LogP contribution in [0.5, 0.6) is 5.75 Å². The molecule has 0 unspecified atom stereocenters. The van der Waals surface area contributed by atoms with Crippen molar-refractivity contribution in [3.05, 3.63) is 34.9 Å². The number of phenols is 1. The first-order valence-electron chi connectivity index (χ1n) is 10.1. The van der Waals surface area contributed by atoms with Crippen LogP contribution in [0.15, 0.2) is 18.2 Å². The van der Waals surface area contributed by atoms with Crippen molar-refractivity contribution in [2.45, 2.75) is 69.4 Å². The molecule has 4 N–H and O–H groups in total. The van der Waals surface area contributed by atoms with Gasteiger partial charge >= 0.3 is 6.18 Å². The average molecular weight is 423 g/mol. The number of phenolic OH excluding ortho intramolecular Hbond substituents is 1. The zero-order chi connectivity index (χ0) is 21.5. The van der Waals surface area contributed by atoms with Crippen LogP contribution < -0.4 is 5.73 Å². The second-order valence-corrected chi connectivity index (χ2v) is 8.09. The van der Waals surface area contributed by atoms with Crippen molar-refractivity contribution in [3.63, 3.8) is 0 Å². The molecule has 1 aromatic heterocycles. The molecule has 6 nitrogen and oxygen atoms in total. The minimum atomic E-state index is -4.52. The van der Waals surface area contributed by atoms with Crippen LogP contribution in [0.3, 0.4) is 0 Å². The number of nitrogens with two attached hydrogens (primary N) is 1. The molecule has 0 saturated heterocycles. The lowest BCUT2D eigenvalue weighted by Crippen LogP contribution is -2.10. The molecule has 3 aliphatic rings. The number of nitrogen functional groups attached to an aromatic ring is 1. The Balaban J connectivity index is 0.000000265. The largest absolute Gasteiger partial charge is 0.507 e. The molecule has 1 aliphatic heterocycles. The van der Waals surface area contributed by atoms with E-state index < -0.39 is 23.1 Å². The Hall–Kier alpha value is -2.39. The molecule has 0 radical (unpaired) electrons. The summed E-state index contributed by atoms with van der Waals surface area (Å²) in [6.45, 7) is 0.255. The molecule has 30 heavy (non-hydrogen) atoms. The molecule has 2 aromatic rings. The number of nitrogens with zero attached hydrogens (tertiary/aromatic N) is 2. The molecule has 0 amide bonds. The van der Waals surface area contributed by atoms with Gasteiger partial charge in [-0.2, -0.15) is 13.2 Å². The predicted octanol–water partition coefficient (Wildman–Crippen LogP) is 4.28. The summed E-state index contributed by atoms with van der Waals surface area (Å²) in [4.78, 5) is 0. The maximum atomic E-state index is 12.7. The molecule has 5 rings (SSSR count). The van der Waals surface area contributed by atoms with Crippen molar-refractivity contribution in [2.24, 2.45) is 0 Å². The van der Waals surface area contributed by atoms with Gasteiger partial charge < -0.3 is 20.7 Å². The topological polar surface area (TPSA) is 101 Å². The summed E-state index contributed by atoms with van der Waals surface area (Å²) in [7, 11) is 0. The number of aromatic hydroxyl groups is 1. The smallest absolute Gasteiger partial charge is 0.416 e. The van der Waals surface area contributed by atoms with Gasteiger partial charge in [0, 0.05) is 16.7 Å². The molecule has 2 saturated carbocycles. The van der Waals surface area contributed by atoms with Gasteiger partial charge in [0.05, 0.1) is 23.9 Å². The minimum Gasteiger partial charge on any atom is -0.507 e. The highest BCUT2D eigenvalue weighted by molar-refractivity contribution is 5.74. The first kappa shape index (κ1) is 20.9. The lowest BCUT2D eigenvalue weighted by molar-refractivity contribution is -0.137. The normalized spacial score (nSPS) is 19.9. The van der Waals surface area contributed by atoms with Crippen LogP contribution in [0.1, 0.15) is 61.6 Å². The van der Waals surface area contributed by atoms with Crippen molar-refractivity contribution in [3.8, 4) is 17.0 Å². The number of alkyl halides is 3. The van der Waals surface area contributed by atoms with Crippen molar-refractivity contribution in [2.75, 3.05) is 5.73 Å². The van der Waals surface area contributed by atoms with Gasteiger partial charge in [0.1, 0.15) is 11.4 Å². The monoisotopic (exact) mass is 423 g/mol. The van der Waals surface area contributed by atoms with E-state index in [1.54, 1.807) is 0 Å². The Morgan fingerprint density at radius 2 is 1.80 bits per heavy atom. The van der Waals surface area contributed by atoms with E-state index >= 15 is 0 Å². The minimum absolute atomic E-state index is 0.0359. The standard InChI is InChI=1S/C15H12F3N3O2.C6H12O/c16-15(17,18)7-1-2-8(10(22)5-7)12-9-6-23-14(3-4-14)11(9)13(19)21-20-12;7-6-4-2-1-3-5-6/h1-2,5,22H,3-4,6H2,(H2,19,21);6-7H,1-5H2. The number of aliphatic hydroxyl groups is 1. The third-order valence-electron chi connectivity index (χ3n) is 5.91. The number of aliphatic hydroxyl groups excluding tert-OH is 1. The van der Waals surface area contributed by atoms with Gasteiger partial charge in [-0.1, -0.05) is 19.3 Å². The summed E-state index contributed by atoms with van der Waals surface area (Å²) in [5.74, 6) is -0.233. The zero-order valence-electron chi connectivity index (χ0n) is 16.4. The lowest BCUT2D eigenvalue weighted by Gasteiger charge is -2.14. The van der Waals surface area contributed by atoms with Crippen molar-refractivity contribution in [1.82, 2.24) is 10.2 Å². The number of fused-ring (bicyclic) bond motifs is 2. The number of rotatable bonds is 1. The maximum absolute atomic E-state index is 12.7. The highest BCUT2D eigenvalue weighted by Crippen LogP contribution is 2.57. The Kier molecular flexibility index (Phi) is 5.36. The SMILES string of the molecule is Nc1nnc(-c2ccc(C(F)(F)F)cc2O)c2c1C1(CC1)OC2.OC1CCCCC1. The van der Waals surface area contributed by atoms with E-state index in [9.17, 15) is 18.3 Å². The van der Waals surface area contributed by atoms with Gasteiger partial charge in [-0.3, -0.25) is 0 Å². The van der Waals surface area contributed by atoms with Crippen molar-refractivity contribution >= 4 is 5.82 Å². The third-order valence-corrected chi connectivity index (χ3v) is 5.91. The molecule has 1 spiro atoms. The van der Waals surface area contributed by atoms with Crippen LogP contribution in [-0.2, 0) is 23.1 Å². The van der Waals surface area contributed by atoms with Gasteiger partial charge in [-0.15, -0.1) is 10.2 Å². The molecular formula is C21H24F3N3O3. The lowest BCUT2D eigenvalue weighted by atomic mass is 9.98. The number of hydrogen-bond donors (Lipinski definition) is 3. The highest BCUT2D eigenvalue weighted by Gasteiger charge is 2.53. The van der Waals surface area contributed by atoms with Crippen LogP contribution >= 0.6 is 0 Å². The first-order valence-corrected chi connectivity index (χ1v) is 10.1. The van der Waals surface area contributed by atoms with Crippen LogP contribution in [0.4, 0.5) is 19.0 Å². The fraction of sp³-hybridized carbons (Fsp3) is 0.524. The van der Waals surface area contributed by atoms with Crippen LogP contribution in [0.25, 0.3) is 11.3 Å². The number of aromatic nitrogens is 2. The second kappa shape index (κ2) is 7.70. The van der Waals surface area contributed by atoms with Crippen LogP contribution in [0, 0.1) is 0 Å². The van der Waals surface area contributed by atoms with Crippen LogP contribution in [-0.4, -0.2) is 26.5 Å². The molecule has 162 valence electrons. The van der Waals surface area contributed by atoms with Crippen molar-refractivity contribution in [1.29, 1.82) is 0 Å². The molecule has 2 aliphatic carbocycles. The molecule has 1 aromatic carbocycles. The quantitative estimate of drug-likeness (QED) is 0.633. The van der Waals surface area contributed by atoms with Gasteiger partial charge in [-0.25, -0.2) is 0 Å². The Labute approximate surface area is 171 Å². The van der Waals surface area contributed by atoms with E-state index in [-0.39, 0.29) is 24.1 Å². The van der Waals surface area contributed by atoms with Crippen LogP contribution in [0.2, 0.25) is 0 Å². The third kappa shape index (κ3) is 3.96. The average Bonchev–Trinajstić information content (AvgIpc) is 3.37. The number of benzene rings is 1. The summed E-state index contributed by atoms with van der Waals surface area (Å²) < 4.78 is 43.9. The predicted molar refractivity (Wildman–Crippen MR) is 103 cm³/mol. The van der Waals surface area contributed by atoms with Gasteiger partial charge in [0.2, 0.25) is 0 Å². The Morgan fingerprint density at radius 1 is 1.10 bits per heavy atom. The Morgan fingerprint density at radius 3 is 2.33 bits per heavy atom. The van der Waals surface area contributed by atoms with E-state index in [2.05, 4.69) is 10.2 Å². The maximum Gasteiger partial charge on any atom is 0.416 e. The summed E-state index contributed by atoms with van der Waals surface area (Å²) in [5.41, 5.74) is 6.47. The van der Waals surface area contributed by atoms with Gasteiger partial charge in [-0.05, 0) is 43.9 Å². The van der Waals surface area contributed by atoms with E-state index in [4.69, 9.17) is 15.6 Å². The van der Waals surface area contributed by atoms with E-state index in [0.29, 0.717) is 17.3 Å². The highest BCUT2D eigenvalue weighted by atomic mass is 19.4. The zero-order valence-corrected chi connectivity index (χ0v) is 16.4. The van der Waals surface area contributed by atoms with E-state index in [1.165, 1.54) is 25.3 Å². The molecule has 0 atom stereocenters. The fourth-order valence-electron chi connectivity index (χ4n) is 4.13. The summed E-state index contributed by atoms with van der Waals surface area (Å²) in [5, 5.41) is 26.8. The fourth-order valence-corrected chi connectivity index (χ4v) is 4.13. The molecule has 2 fully saturated rings. The van der Waals surface area contributed by atoms with Crippen molar-refractivity contribution < 1.29 is 28.1 Å². The molecule has 2 heterocycles. The first-order chi connectivity index (χ1) is 14.2. The summed E-state index contributed by atoms with van der Waals surface area (Å²) >= 11 is 0. The Bertz CT molecular complexity index is 939. The van der Waals surface area contributed by atoms with Gasteiger partial charge in [0.25, 0.3) is 0 Å². The van der Waals surface area contributed by atoms with E-state index in [1.807, 2.05) is 0 Å². The van der Waals surface area contributed by atoms with E-state index in [0.717, 1.165) is 37.3 Å². The second-order valence-electron chi connectivity index (χ2n) is 8.09. The molecular weight excluding hydrogens is 399 g/mol.